The Morgan fingerprint density at radius 1 is 1.60 bits per heavy atom. The van der Waals surface area contributed by atoms with Crippen LogP contribution in [0.25, 0.3) is 0 Å². The molecular formula is C9H11N3O3. The van der Waals surface area contributed by atoms with Crippen LogP contribution in [0.5, 0.6) is 0 Å². The molecule has 0 amide bonds. The number of hydrogen-bond acceptors (Lipinski definition) is 5. The van der Waals surface area contributed by atoms with E-state index in [0.29, 0.717) is 18.5 Å². The normalized spacial score (nSPS) is 29.6. The van der Waals surface area contributed by atoms with E-state index in [4.69, 9.17) is 5.73 Å². The van der Waals surface area contributed by atoms with Gasteiger partial charge in [-0.05, 0) is 18.9 Å². The minimum absolute atomic E-state index is 0.0535. The predicted molar refractivity (Wildman–Crippen MR) is 52.0 cm³/mol. The highest BCUT2D eigenvalue weighted by Gasteiger charge is 2.42. The number of aromatic nitrogens is 1. The Bertz CT molecular complexity index is 384. The zero-order valence-corrected chi connectivity index (χ0v) is 7.96. The number of pyridine rings is 1. The molecule has 1 saturated carbocycles. The van der Waals surface area contributed by atoms with E-state index >= 15 is 0 Å². The molecule has 0 atom stereocenters. The first-order chi connectivity index (χ1) is 7.01. The monoisotopic (exact) mass is 209 g/mol. The lowest BCUT2D eigenvalue weighted by atomic mass is 9.73. The van der Waals surface area contributed by atoms with E-state index in [1.807, 2.05) is 0 Å². The number of nitro groups is 1. The van der Waals surface area contributed by atoms with Gasteiger partial charge in [0.25, 0.3) is 5.69 Å². The Morgan fingerprint density at radius 2 is 2.27 bits per heavy atom. The van der Waals surface area contributed by atoms with Crippen molar-refractivity contribution in [1.82, 2.24) is 4.98 Å². The van der Waals surface area contributed by atoms with Gasteiger partial charge in [-0.15, -0.1) is 0 Å². The molecule has 0 aliphatic heterocycles. The lowest BCUT2D eigenvalue weighted by Gasteiger charge is -2.41. The van der Waals surface area contributed by atoms with Crippen molar-refractivity contribution in [3.8, 4) is 0 Å². The van der Waals surface area contributed by atoms with Gasteiger partial charge in [-0.1, -0.05) is 0 Å². The van der Waals surface area contributed by atoms with Crippen LogP contribution >= 0.6 is 0 Å². The highest BCUT2D eigenvalue weighted by Crippen LogP contribution is 2.38. The van der Waals surface area contributed by atoms with Gasteiger partial charge in [0.05, 0.1) is 22.3 Å². The van der Waals surface area contributed by atoms with E-state index in [1.54, 1.807) is 6.07 Å². The summed E-state index contributed by atoms with van der Waals surface area (Å²) in [5.74, 6) is 0. The highest BCUT2D eigenvalue weighted by molar-refractivity contribution is 5.30. The summed E-state index contributed by atoms with van der Waals surface area (Å²) in [6.07, 6.45) is 1.72. The summed E-state index contributed by atoms with van der Waals surface area (Å²) in [5, 5.41) is 19.6. The number of aliphatic hydroxyl groups is 1. The molecule has 0 saturated heterocycles. The molecule has 0 unspecified atom stereocenters. The summed E-state index contributed by atoms with van der Waals surface area (Å²) in [6.45, 7) is 0. The maximum Gasteiger partial charge on any atom is 0.287 e. The summed E-state index contributed by atoms with van der Waals surface area (Å²) >= 11 is 0. The maximum atomic E-state index is 10.4. The number of nitrogens with zero attached hydrogens (tertiary/aromatic N) is 2. The first-order valence-corrected chi connectivity index (χ1v) is 4.59. The second kappa shape index (κ2) is 3.25. The lowest BCUT2D eigenvalue weighted by Crippen LogP contribution is -2.52. The molecule has 0 spiro atoms. The second-order valence-electron chi connectivity index (χ2n) is 3.88. The molecule has 3 N–H and O–H groups in total. The minimum Gasteiger partial charge on any atom is -0.393 e. The van der Waals surface area contributed by atoms with Gasteiger partial charge in [0.1, 0.15) is 6.20 Å². The molecule has 0 radical (unpaired) electrons. The van der Waals surface area contributed by atoms with Gasteiger partial charge in [-0.3, -0.25) is 15.1 Å². The molecule has 1 aliphatic rings. The van der Waals surface area contributed by atoms with Crippen molar-refractivity contribution in [2.45, 2.75) is 24.5 Å². The molecule has 1 fully saturated rings. The van der Waals surface area contributed by atoms with Crippen LogP contribution < -0.4 is 5.73 Å². The molecule has 2 rings (SSSR count). The minimum atomic E-state index is -0.617. The van der Waals surface area contributed by atoms with Gasteiger partial charge in [0.2, 0.25) is 0 Å². The number of aliphatic hydroxyl groups excluding tert-OH is 1. The fourth-order valence-electron chi connectivity index (χ4n) is 1.78. The van der Waals surface area contributed by atoms with E-state index in [-0.39, 0.29) is 11.8 Å². The Hall–Kier alpha value is -1.53. The van der Waals surface area contributed by atoms with Crippen LogP contribution in [0.1, 0.15) is 18.5 Å². The van der Waals surface area contributed by atoms with E-state index < -0.39 is 10.5 Å². The predicted octanol–water partition coefficient (Wildman–Crippen LogP) is 0.299. The van der Waals surface area contributed by atoms with Crippen molar-refractivity contribution < 1.29 is 10.0 Å². The van der Waals surface area contributed by atoms with Gasteiger partial charge in [-0.25, -0.2) is 0 Å². The molecule has 1 aromatic rings. The Morgan fingerprint density at radius 3 is 2.67 bits per heavy atom. The third-order valence-electron chi connectivity index (χ3n) is 2.67. The maximum absolute atomic E-state index is 10.4. The lowest BCUT2D eigenvalue weighted by molar-refractivity contribution is -0.385. The largest absolute Gasteiger partial charge is 0.393 e. The van der Waals surface area contributed by atoms with Crippen molar-refractivity contribution in [3.63, 3.8) is 0 Å². The fourth-order valence-corrected chi connectivity index (χ4v) is 1.78. The van der Waals surface area contributed by atoms with Crippen LogP contribution in [-0.4, -0.2) is 21.1 Å². The first kappa shape index (κ1) is 10.0. The van der Waals surface area contributed by atoms with Gasteiger partial charge >= 0.3 is 0 Å². The standard InChI is InChI=1S/C9H11N3O3/c10-9(3-7(13)4-9)8-2-1-6(5-11-8)12(14)15/h1-2,5,7,13H,3-4,10H2. The molecule has 6 heteroatoms. The van der Waals surface area contributed by atoms with Crippen molar-refractivity contribution in [3.05, 3.63) is 34.1 Å². The van der Waals surface area contributed by atoms with Crippen LogP contribution in [0.2, 0.25) is 0 Å². The molecule has 80 valence electrons. The smallest absolute Gasteiger partial charge is 0.287 e. The van der Waals surface area contributed by atoms with Crippen molar-refractivity contribution in [2.24, 2.45) is 5.73 Å². The summed E-state index contributed by atoms with van der Waals surface area (Å²) in [7, 11) is 0. The van der Waals surface area contributed by atoms with Crippen LogP contribution in [0.3, 0.4) is 0 Å². The topological polar surface area (TPSA) is 102 Å². The number of hydrogen-bond donors (Lipinski definition) is 2. The molecule has 1 heterocycles. The van der Waals surface area contributed by atoms with Gasteiger partial charge in [0, 0.05) is 6.07 Å². The summed E-state index contributed by atoms with van der Waals surface area (Å²) in [5.41, 5.74) is 5.87. The zero-order chi connectivity index (χ0) is 11.1. The quantitative estimate of drug-likeness (QED) is 0.538. The van der Waals surface area contributed by atoms with Crippen LogP contribution in [0.4, 0.5) is 5.69 Å². The molecule has 6 nitrogen and oxygen atoms in total. The third-order valence-corrected chi connectivity index (χ3v) is 2.67. The van der Waals surface area contributed by atoms with Crippen molar-refractivity contribution >= 4 is 5.69 Å². The van der Waals surface area contributed by atoms with Gasteiger partial charge in [0.15, 0.2) is 0 Å². The first-order valence-electron chi connectivity index (χ1n) is 4.59. The average molecular weight is 209 g/mol. The molecular weight excluding hydrogens is 198 g/mol. The van der Waals surface area contributed by atoms with Crippen molar-refractivity contribution in [1.29, 1.82) is 0 Å². The van der Waals surface area contributed by atoms with Crippen LogP contribution in [-0.2, 0) is 5.54 Å². The highest BCUT2D eigenvalue weighted by atomic mass is 16.6. The Kier molecular flexibility index (Phi) is 2.17. The van der Waals surface area contributed by atoms with Crippen LogP contribution in [0, 0.1) is 10.1 Å². The van der Waals surface area contributed by atoms with E-state index in [9.17, 15) is 15.2 Å². The molecule has 0 aromatic carbocycles. The van der Waals surface area contributed by atoms with Crippen LogP contribution in [0.15, 0.2) is 18.3 Å². The second-order valence-corrected chi connectivity index (χ2v) is 3.88. The summed E-state index contributed by atoms with van der Waals surface area (Å²) < 4.78 is 0. The molecule has 1 aromatic heterocycles. The third kappa shape index (κ3) is 1.69. The molecule has 1 aliphatic carbocycles. The molecule has 0 bridgehead atoms. The van der Waals surface area contributed by atoms with E-state index in [2.05, 4.69) is 4.98 Å². The van der Waals surface area contributed by atoms with Crippen molar-refractivity contribution in [2.75, 3.05) is 0 Å². The SMILES string of the molecule is NC1(c2ccc([N+](=O)[O-])cn2)CC(O)C1. The Balaban J connectivity index is 2.21. The molecule has 15 heavy (non-hydrogen) atoms. The van der Waals surface area contributed by atoms with E-state index in [0.717, 1.165) is 0 Å². The fraction of sp³-hybridized carbons (Fsp3) is 0.444. The average Bonchev–Trinajstić information content (AvgIpc) is 2.16. The Labute approximate surface area is 85.9 Å². The van der Waals surface area contributed by atoms with Gasteiger partial charge < -0.3 is 10.8 Å². The number of rotatable bonds is 2. The summed E-state index contributed by atoms with van der Waals surface area (Å²) in [4.78, 5) is 13.8. The summed E-state index contributed by atoms with van der Waals surface area (Å²) in [6, 6.07) is 2.92. The van der Waals surface area contributed by atoms with Gasteiger partial charge in [-0.2, -0.15) is 0 Å². The number of nitrogens with two attached hydrogens (primary N) is 1. The van der Waals surface area contributed by atoms with E-state index in [1.165, 1.54) is 12.3 Å². The zero-order valence-electron chi connectivity index (χ0n) is 7.96.